The third kappa shape index (κ3) is 2.58. The van der Waals surface area contributed by atoms with Crippen molar-refractivity contribution in [1.29, 1.82) is 0 Å². The molecule has 1 aromatic rings. The van der Waals surface area contributed by atoms with Crippen LogP contribution in [0.2, 0.25) is 0 Å². The molecule has 0 aromatic heterocycles. The fraction of sp³-hybridized carbons (Fsp3) is 0.462. The zero-order chi connectivity index (χ0) is 14.3. The van der Waals surface area contributed by atoms with Crippen LogP contribution >= 0.6 is 0 Å². The molecule has 0 bridgehead atoms. The zero-order valence-corrected chi connectivity index (χ0v) is 10.5. The second-order valence-corrected chi connectivity index (χ2v) is 5.02. The molecule has 0 spiro atoms. The Morgan fingerprint density at radius 1 is 1.30 bits per heavy atom. The van der Waals surface area contributed by atoms with Gasteiger partial charge in [0.1, 0.15) is 12.4 Å². The highest BCUT2D eigenvalue weighted by atomic mass is 19.4. The lowest BCUT2D eigenvalue weighted by molar-refractivity contribution is -0.137. The minimum Gasteiger partial charge on any atom is -0.491 e. The Labute approximate surface area is 113 Å². The van der Waals surface area contributed by atoms with Crippen molar-refractivity contribution in [3.8, 4) is 5.75 Å². The van der Waals surface area contributed by atoms with E-state index in [1.807, 2.05) is 0 Å². The first-order valence-electron chi connectivity index (χ1n) is 6.34. The molecule has 1 aliphatic carbocycles. The van der Waals surface area contributed by atoms with Crippen LogP contribution in [0.5, 0.6) is 5.75 Å². The number of carbonyl (C=O) groups excluding carboxylic acids is 1. The number of benzene rings is 1. The van der Waals surface area contributed by atoms with E-state index in [1.54, 1.807) is 0 Å². The zero-order valence-electron chi connectivity index (χ0n) is 10.5. The molecular formula is C13H13F3N2O2. The molecule has 1 unspecified atom stereocenters. The number of alkyl halides is 3. The molecule has 1 fully saturated rings. The standard InChI is InChI=1S/C13H13F3N2O2/c14-13(15,16)8-3-4-9-10(6-20-11(9)5-8)17-18-12(19)7-1-2-7/h3-5,7,10,17H,1-2,6H2,(H,18,19). The summed E-state index contributed by atoms with van der Waals surface area (Å²) in [4.78, 5) is 11.5. The van der Waals surface area contributed by atoms with Crippen molar-refractivity contribution in [1.82, 2.24) is 10.9 Å². The van der Waals surface area contributed by atoms with Crippen molar-refractivity contribution in [3.05, 3.63) is 29.3 Å². The van der Waals surface area contributed by atoms with Gasteiger partial charge in [-0.15, -0.1) is 0 Å². The number of ether oxygens (including phenoxy) is 1. The molecule has 1 aliphatic heterocycles. The average molecular weight is 286 g/mol. The van der Waals surface area contributed by atoms with E-state index in [-0.39, 0.29) is 30.2 Å². The third-order valence-corrected chi connectivity index (χ3v) is 3.44. The summed E-state index contributed by atoms with van der Waals surface area (Å²) in [7, 11) is 0. The highest BCUT2D eigenvalue weighted by Crippen LogP contribution is 2.38. The normalized spacial score (nSPS) is 21.2. The highest BCUT2D eigenvalue weighted by molar-refractivity contribution is 5.80. The molecule has 1 atom stereocenters. The predicted octanol–water partition coefficient (Wildman–Crippen LogP) is 2.17. The monoisotopic (exact) mass is 286 g/mol. The lowest BCUT2D eigenvalue weighted by Gasteiger charge is -2.13. The van der Waals surface area contributed by atoms with Crippen LogP contribution in [0.15, 0.2) is 18.2 Å². The number of fused-ring (bicyclic) bond motifs is 1. The number of halogens is 3. The van der Waals surface area contributed by atoms with Crippen LogP contribution in [0.25, 0.3) is 0 Å². The summed E-state index contributed by atoms with van der Waals surface area (Å²) in [5.74, 6) is 0.195. The summed E-state index contributed by atoms with van der Waals surface area (Å²) in [6.45, 7) is 0.196. The van der Waals surface area contributed by atoms with Gasteiger partial charge in [-0.05, 0) is 25.0 Å². The number of hydrazine groups is 1. The van der Waals surface area contributed by atoms with E-state index >= 15 is 0 Å². The van der Waals surface area contributed by atoms with Gasteiger partial charge < -0.3 is 4.74 Å². The molecule has 3 rings (SSSR count). The quantitative estimate of drug-likeness (QED) is 0.837. The van der Waals surface area contributed by atoms with Gasteiger partial charge in [0.05, 0.1) is 11.6 Å². The molecule has 4 nitrogen and oxygen atoms in total. The number of rotatable bonds is 3. The molecular weight excluding hydrogens is 273 g/mol. The van der Waals surface area contributed by atoms with Crippen LogP contribution in [0.3, 0.4) is 0 Å². The molecule has 1 heterocycles. The Balaban J connectivity index is 1.68. The maximum Gasteiger partial charge on any atom is 0.416 e. The van der Waals surface area contributed by atoms with Gasteiger partial charge in [0, 0.05) is 11.5 Å². The summed E-state index contributed by atoms with van der Waals surface area (Å²) in [5, 5.41) is 0. The van der Waals surface area contributed by atoms with Crippen molar-refractivity contribution in [3.63, 3.8) is 0 Å². The summed E-state index contributed by atoms with van der Waals surface area (Å²) < 4.78 is 43.0. The molecule has 0 radical (unpaired) electrons. The predicted molar refractivity (Wildman–Crippen MR) is 63.7 cm³/mol. The maximum atomic E-state index is 12.6. The van der Waals surface area contributed by atoms with Gasteiger partial charge in [0.2, 0.25) is 5.91 Å². The van der Waals surface area contributed by atoms with Gasteiger partial charge in [-0.1, -0.05) is 6.07 Å². The van der Waals surface area contributed by atoms with Crippen molar-refractivity contribution >= 4 is 5.91 Å². The van der Waals surface area contributed by atoms with E-state index in [1.165, 1.54) is 6.07 Å². The number of hydrogen-bond donors (Lipinski definition) is 2. The maximum absolute atomic E-state index is 12.6. The second-order valence-electron chi connectivity index (χ2n) is 5.02. The summed E-state index contributed by atoms with van der Waals surface area (Å²) >= 11 is 0. The molecule has 1 aromatic carbocycles. The number of hydrogen-bond acceptors (Lipinski definition) is 3. The topological polar surface area (TPSA) is 50.4 Å². The van der Waals surface area contributed by atoms with E-state index in [2.05, 4.69) is 10.9 Å². The van der Waals surface area contributed by atoms with Gasteiger partial charge in [-0.25, -0.2) is 5.43 Å². The number of carbonyl (C=O) groups is 1. The molecule has 0 saturated heterocycles. The molecule has 2 aliphatic rings. The number of nitrogens with one attached hydrogen (secondary N) is 2. The minimum atomic E-state index is -4.38. The Morgan fingerprint density at radius 3 is 2.70 bits per heavy atom. The van der Waals surface area contributed by atoms with Gasteiger partial charge in [-0.2, -0.15) is 13.2 Å². The smallest absolute Gasteiger partial charge is 0.416 e. The first kappa shape index (κ1) is 13.2. The Kier molecular flexibility index (Phi) is 3.08. The van der Waals surface area contributed by atoms with E-state index < -0.39 is 11.7 Å². The van der Waals surface area contributed by atoms with E-state index in [4.69, 9.17) is 4.74 Å². The van der Waals surface area contributed by atoms with Gasteiger partial charge in [0.15, 0.2) is 0 Å². The van der Waals surface area contributed by atoms with Crippen molar-refractivity contribution in [2.45, 2.75) is 25.1 Å². The van der Waals surface area contributed by atoms with Gasteiger partial charge in [0.25, 0.3) is 0 Å². The summed E-state index contributed by atoms with van der Waals surface area (Å²) in [6, 6.07) is 3.06. The molecule has 20 heavy (non-hydrogen) atoms. The van der Waals surface area contributed by atoms with Crippen LogP contribution in [0.4, 0.5) is 13.2 Å². The van der Waals surface area contributed by atoms with Crippen molar-refractivity contribution < 1.29 is 22.7 Å². The van der Waals surface area contributed by atoms with Gasteiger partial charge >= 0.3 is 6.18 Å². The van der Waals surface area contributed by atoms with Crippen LogP contribution in [-0.4, -0.2) is 12.5 Å². The number of amides is 1. The average Bonchev–Trinajstić information content (AvgIpc) is 3.16. The van der Waals surface area contributed by atoms with Crippen molar-refractivity contribution in [2.24, 2.45) is 5.92 Å². The Morgan fingerprint density at radius 2 is 2.05 bits per heavy atom. The van der Waals surface area contributed by atoms with E-state index in [0.29, 0.717) is 5.56 Å². The van der Waals surface area contributed by atoms with Crippen LogP contribution in [0, 0.1) is 5.92 Å². The summed E-state index contributed by atoms with van der Waals surface area (Å²) in [6.07, 6.45) is -2.61. The molecule has 7 heteroatoms. The molecule has 1 saturated carbocycles. The Hall–Kier alpha value is -1.76. The third-order valence-electron chi connectivity index (χ3n) is 3.44. The fourth-order valence-corrected chi connectivity index (χ4v) is 2.11. The highest BCUT2D eigenvalue weighted by Gasteiger charge is 2.34. The van der Waals surface area contributed by atoms with Crippen LogP contribution < -0.4 is 15.6 Å². The lowest BCUT2D eigenvalue weighted by Crippen LogP contribution is -2.41. The molecule has 1 amide bonds. The van der Waals surface area contributed by atoms with Crippen LogP contribution in [0.1, 0.15) is 30.0 Å². The second kappa shape index (κ2) is 4.66. The SMILES string of the molecule is O=C(NNC1COc2cc(C(F)(F)F)ccc21)C1CC1. The van der Waals surface area contributed by atoms with Crippen molar-refractivity contribution in [2.75, 3.05) is 6.61 Å². The van der Waals surface area contributed by atoms with E-state index in [0.717, 1.165) is 25.0 Å². The molecule has 108 valence electrons. The lowest BCUT2D eigenvalue weighted by atomic mass is 10.1. The molecule has 2 N–H and O–H groups in total. The van der Waals surface area contributed by atoms with Gasteiger partial charge in [-0.3, -0.25) is 10.2 Å². The first-order valence-corrected chi connectivity index (χ1v) is 6.34. The van der Waals surface area contributed by atoms with Crippen LogP contribution in [-0.2, 0) is 11.0 Å². The van der Waals surface area contributed by atoms with E-state index in [9.17, 15) is 18.0 Å². The minimum absolute atomic E-state index is 0.0666. The Bertz CT molecular complexity index is 541. The largest absolute Gasteiger partial charge is 0.491 e. The first-order chi connectivity index (χ1) is 9.45. The summed E-state index contributed by atoms with van der Waals surface area (Å²) in [5.41, 5.74) is 5.27. The fourth-order valence-electron chi connectivity index (χ4n) is 2.11.